The molecule has 0 amide bonds. The van der Waals surface area contributed by atoms with Gasteiger partial charge in [0.15, 0.2) is 0 Å². The molecule has 0 radical (unpaired) electrons. The molecule has 0 bridgehead atoms. The van der Waals surface area contributed by atoms with Crippen LogP contribution < -0.4 is 5.73 Å². The second-order valence-corrected chi connectivity index (χ2v) is 5.11. The molecule has 1 aliphatic heterocycles. The van der Waals surface area contributed by atoms with E-state index in [0.29, 0.717) is 0 Å². The van der Waals surface area contributed by atoms with Crippen molar-refractivity contribution in [2.45, 2.75) is 44.2 Å². The van der Waals surface area contributed by atoms with Crippen molar-refractivity contribution in [2.24, 2.45) is 5.73 Å². The van der Waals surface area contributed by atoms with Crippen LogP contribution in [0.4, 0.5) is 0 Å². The van der Waals surface area contributed by atoms with Crippen molar-refractivity contribution in [3.05, 3.63) is 29.1 Å². The lowest BCUT2D eigenvalue weighted by Crippen LogP contribution is -2.22. The van der Waals surface area contributed by atoms with E-state index < -0.39 is 0 Å². The van der Waals surface area contributed by atoms with E-state index in [1.807, 2.05) is 6.20 Å². The molecule has 16 heavy (non-hydrogen) atoms. The molecule has 0 unspecified atom stereocenters. The molecule has 1 aromatic rings. The third-order valence-electron chi connectivity index (χ3n) is 3.66. The van der Waals surface area contributed by atoms with Gasteiger partial charge < -0.3 is 10.5 Å². The molecule has 1 saturated carbocycles. The summed E-state index contributed by atoms with van der Waals surface area (Å²) in [5, 5.41) is 0. The molecular weight excluding hydrogens is 200 g/mol. The molecule has 2 heterocycles. The molecule has 0 saturated heterocycles. The fourth-order valence-electron chi connectivity index (χ4n) is 2.23. The summed E-state index contributed by atoms with van der Waals surface area (Å²) in [7, 11) is 0. The summed E-state index contributed by atoms with van der Waals surface area (Å²) < 4.78 is 5.44. The fourth-order valence-corrected chi connectivity index (χ4v) is 2.23. The Kier molecular flexibility index (Phi) is 2.45. The SMILES string of the molecule is NC1(CCc2cnc3c(c2)COCC3)CC1. The van der Waals surface area contributed by atoms with Crippen LogP contribution in [0.25, 0.3) is 0 Å². The second-order valence-electron chi connectivity index (χ2n) is 5.11. The predicted molar refractivity (Wildman–Crippen MR) is 62.1 cm³/mol. The van der Waals surface area contributed by atoms with Gasteiger partial charge in [-0.25, -0.2) is 0 Å². The van der Waals surface area contributed by atoms with Gasteiger partial charge in [-0.1, -0.05) is 6.07 Å². The number of nitrogens with two attached hydrogens (primary N) is 1. The quantitative estimate of drug-likeness (QED) is 0.838. The van der Waals surface area contributed by atoms with Gasteiger partial charge in [0.25, 0.3) is 0 Å². The molecule has 0 atom stereocenters. The van der Waals surface area contributed by atoms with E-state index in [4.69, 9.17) is 10.5 Å². The summed E-state index contributed by atoms with van der Waals surface area (Å²) >= 11 is 0. The topological polar surface area (TPSA) is 48.1 Å². The third-order valence-corrected chi connectivity index (χ3v) is 3.66. The lowest BCUT2D eigenvalue weighted by molar-refractivity contribution is 0.109. The van der Waals surface area contributed by atoms with Crippen LogP contribution in [0.3, 0.4) is 0 Å². The maximum atomic E-state index is 6.09. The van der Waals surface area contributed by atoms with E-state index in [1.165, 1.54) is 29.7 Å². The zero-order valence-corrected chi connectivity index (χ0v) is 9.54. The minimum atomic E-state index is 0.145. The molecule has 3 nitrogen and oxygen atoms in total. The summed E-state index contributed by atoms with van der Waals surface area (Å²) in [6.45, 7) is 1.54. The molecule has 2 aliphatic rings. The first kappa shape index (κ1) is 10.2. The first-order valence-electron chi connectivity index (χ1n) is 6.09. The maximum Gasteiger partial charge on any atom is 0.0734 e. The molecule has 2 N–H and O–H groups in total. The summed E-state index contributed by atoms with van der Waals surface area (Å²) in [6, 6.07) is 2.24. The largest absolute Gasteiger partial charge is 0.376 e. The van der Waals surface area contributed by atoms with Gasteiger partial charge >= 0.3 is 0 Å². The van der Waals surface area contributed by atoms with E-state index in [-0.39, 0.29) is 5.54 Å². The van der Waals surface area contributed by atoms with Gasteiger partial charge in [0.1, 0.15) is 0 Å². The number of fused-ring (bicyclic) bond motifs is 1. The number of hydrogen-bond donors (Lipinski definition) is 1. The molecule has 1 aromatic heterocycles. The van der Waals surface area contributed by atoms with E-state index in [2.05, 4.69) is 11.1 Å². The summed E-state index contributed by atoms with van der Waals surface area (Å²) in [4.78, 5) is 4.52. The van der Waals surface area contributed by atoms with Gasteiger partial charge in [0, 0.05) is 23.9 Å². The monoisotopic (exact) mass is 218 g/mol. The molecular formula is C13H18N2O. The number of rotatable bonds is 3. The maximum absolute atomic E-state index is 6.09. The van der Waals surface area contributed by atoms with Gasteiger partial charge in [-0.2, -0.15) is 0 Å². The minimum Gasteiger partial charge on any atom is -0.376 e. The van der Waals surface area contributed by atoms with Crippen LogP contribution in [0.15, 0.2) is 12.3 Å². The molecule has 0 spiro atoms. The Morgan fingerprint density at radius 1 is 1.44 bits per heavy atom. The predicted octanol–water partition coefficient (Wildman–Crippen LogP) is 1.58. The highest BCUT2D eigenvalue weighted by Crippen LogP contribution is 2.36. The Morgan fingerprint density at radius 3 is 3.12 bits per heavy atom. The smallest absolute Gasteiger partial charge is 0.0734 e. The Hall–Kier alpha value is -0.930. The first-order chi connectivity index (χ1) is 7.75. The fraction of sp³-hybridized carbons (Fsp3) is 0.615. The van der Waals surface area contributed by atoms with Crippen molar-refractivity contribution in [2.75, 3.05) is 6.61 Å². The Morgan fingerprint density at radius 2 is 2.31 bits per heavy atom. The average Bonchev–Trinajstić information content (AvgIpc) is 3.05. The zero-order valence-electron chi connectivity index (χ0n) is 9.54. The highest BCUT2D eigenvalue weighted by atomic mass is 16.5. The van der Waals surface area contributed by atoms with Crippen LogP contribution in [-0.4, -0.2) is 17.1 Å². The molecule has 0 aromatic carbocycles. The number of nitrogens with zero attached hydrogens (tertiary/aromatic N) is 1. The van der Waals surface area contributed by atoms with Crippen molar-refractivity contribution in [3.8, 4) is 0 Å². The van der Waals surface area contributed by atoms with Gasteiger partial charge in [-0.3, -0.25) is 4.98 Å². The molecule has 86 valence electrons. The number of aryl methyl sites for hydroxylation is 1. The summed E-state index contributed by atoms with van der Waals surface area (Å²) in [6.07, 6.45) is 7.49. The number of aromatic nitrogens is 1. The second kappa shape index (κ2) is 3.82. The molecule has 3 rings (SSSR count). The van der Waals surface area contributed by atoms with E-state index in [0.717, 1.165) is 32.5 Å². The normalized spacial score (nSPS) is 21.6. The van der Waals surface area contributed by atoms with Crippen LogP contribution >= 0.6 is 0 Å². The lowest BCUT2D eigenvalue weighted by Gasteiger charge is -2.16. The first-order valence-corrected chi connectivity index (χ1v) is 6.09. The number of ether oxygens (including phenoxy) is 1. The zero-order chi connectivity index (χ0) is 11.0. The van der Waals surface area contributed by atoms with Crippen LogP contribution in [0.5, 0.6) is 0 Å². The highest BCUT2D eigenvalue weighted by molar-refractivity contribution is 5.26. The third kappa shape index (κ3) is 2.11. The van der Waals surface area contributed by atoms with Gasteiger partial charge in [-0.15, -0.1) is 0 Å². The van der Waals surface area contributed by atoms with Crippen molar-refractivity contribution in [3.63, 3.8) is 0 Å². The van der Waals surface area contributed by atoms with Crippen molar-refractivity contribution in [1.29, 1.82) is 0 Å². The van der Waals surface area contributed by atoms with Crippen LogP contribution in [0, 0.1) is 0 Å². The Labute approximate surface area is 96.0 Å². The number of pyridine rings is 1. The van der Waals surface area contributed by atoms with E-state index >= 15 is 0 Å². The van der Waals surface area contributed by atoms with Gasteiger partial charge in [0.2, 0.25) is 0 Å². The Balaban J connectivity index is 1.70. The number of hydrogen-bond acceptors (Lipinski definition) is 3. The molecule has 1 aliphatic carbocycles. The average molecular weight is 218 g/mol. The van der Waals surface area contributed by atoms with Crippen LogP contribution in [0.1, 0.15) is 36.1 Å². The van der Waals surface area contributed by atoms with Gasteiger partial charge in [-0.05, 0) is 36.8 Å². The minimum absolute atomic E-state index is 0.145. The van der Waals surface area contributed by atoms with E-state index in [9.17, 15) is 0 Å². The molecule has 1 fully saturated rings. The van der Waals surface area contributed by atoms with Crippen molar-refractivity contribution < 1.29 is 4.74 Å². The van der Waals surface area contributed by atoms with Gasteiger partial charge in [0.05, 0.1) is 13.2 Å². The van der Waals surface area contributed by atoms with Crippen molar-refractivity contribution >= 4 is 0 Å². The lowest BCUT2D eigenvalue weighted by atomic mass is 10.0. The van der Waals surface area contributed by atoms with Crippen LogP contribution in [-0.2, 0) is 24.2 Å². The Bertz CT molecular complexity index is 399. The standard InChI is InChI=1S/C13H18N2O/c14-13(4-5-13)3-1-10-7-11-9-16-6-2-12(11)15-8-10/h7-8H,1-6,9,14H2. The summed E-state index contributed by atoms with van der Waals surface area (Å²) in [5.41, 5.74) is 10.0. The molecule has 3 heteroatoms. The highest BCUT2D eigenvalue weighted by Gasteiger charge is 2.37. The van der Waals surface area contributed by atoms with E-state index in [1.54, 1.807) is 0 Å². The summed E-state index contributed by atoms with van der Waals surface area (Å²) in [5.74, 6) is 0. The van der Waals surface area contributed by atoms with Crippen LogP contribution in [0.2, 0.25) is 0 Å². The van der Waals surface area contributed by atoms with Crippen molar-refractivity contribution in [1.82, 2.24) is 4.98 Å².